The molecule has 25 heavy (non-hydrogen) atoms. The molecule has 1 N–H and O–H groups in total. The second kappa shape index (κ2) is 8.39. The Morgan fingerprint density at radius 3 is 2.40 bits per heavy atom. The highest BCUT2D eigenvalue weighted by atomic mass is 19.1. The van der Waals surface area contributed by atoms with Crippen molar-refractivity contribution in [3.05, 3.63) is 59.4 Å². The Balaban J connectivity index is 1.89. The summed E-state index contributed by atoms with van der Waals surface area (Å²) in [4.78, 5) is 25.1. The van der Waals surface area contributed by atoms with Gasteiger partial charge in [-0.25, -0.2) is 4.39 Å². The van der Waals surface area contributed by atoms with E-state index >= 15 is 0 Å². The molecule has 2 aromatic carbocycles. The molecule has 0 bridgehead atoms. The molecular formula is C19H21FN2O3. The minimum Gasteiger partial charge on any atom is -0.494 e. The van der Waals surface area contributed by atoms with Crippen molar-refractivity contribution in [2.24, 2.45) is 0 Å². The Kier molecular flexibility index (Phi) is 6.25. The van der Waals surface area contributed by atoms with Crippen LogP contribution in [0.1, 0.15) is 22.8 Å². The summed E-state index contributed by atoms with van der Waals surface area (Å²) in [5.41, 5.74) is 1.97. The maximum atomic E-state index is 13.7. The Morgan fingerprint density at radius 1 is 1.16 bits per heavy atom. The highest BCUT2D eigenvalue weighted by molar-refractivity contribution is 5.96. The number of nitrogens with one attached hydrogen (secondary N) is 1. The number of hydrogen-bond donors (Lipinski definition) is 1. The van der Waals surface area contributed by atoms with Gasteiger partial charge in [-0.3, -0.25) is 14.5 Å². The molecule has 2 rings (SSSR count). The van der Waals surface area contributed by atoms with E-state index in [0.717, 1.165) is 5.56 Å². The number of ketones is 1. The van der Waals surface area contributed by atoms with E-state index in [1.54, 1.807) is 48.3 Å². The van der Waals surface area contributed by atoms with E-state index in [2.05, 4.69) is 5.32 Å². The number of rotatable bonds is 7. The third-order valence-electron chi connectivity index (χ3n) is 3.66. The number of Topliss-reactive ketones (excluding diaryl/α,β-unsaturated/α-hetero) is 1. The van der Waals surface area contributed by atoms with Gasteiger partial charge in [-0.05, 0) is 55.9 Å². The van der Waals surface area contributed by atoms with Crippen LogP contribution in [0.2, 0.25) is 0 Å². The monoisotopic (exact) mass is 344 g/mol. The summed E-state index contributed by atoms with van der Waals surface area (Å²) >= 11 is 0. The Hall–Kier alpha value is -2.73. The van der Waals surface area contributed by atoms with Gasteiger partial charge in [0.05, 0.1) is 13.7 Å². The summed E-state index contributed by atoms with van der Waals surface area (Å²) in [5.74, 6) is -0.446. The number of carbonyl (C=O) groups is 2. The first-order valence-corrected chi connectivity index (χ1v) is 7.81. The number of anilines is 1. The van der Waals surface area contributed by atoms with Crippen molar-refractivity contribution < 1.29 is 18.7 Å². The lowest BCUT2D eigenvalue weighted by atomic mass is 10.1. The average Bonchev–Trinajstić information content (AvgIpc) is 2.55. The van der Waals surface area contributed by atoms with Crippen molar-refractivity contribution in [2.75, 3.05) is 26.0 Å². The summed E-state index contributed by atoms with van der Waals surface area (Å²) in [7, 11) is 3.19. The minimum atomic E-state index is -0.427. The van der Waals surface area contributed by atoms with Crippen LogP contribution < -0.4 is 10.1 Å². The second-order valence-corrected chi connectivity index (χ2v) is 5.82. The lowest BCUT2D eigenvalue weighted by molar-refractivity contribution is -0.117. The topological polar surface area (TPSA) is 58.6 Å². The van der Waals surface area contributed by atoms with E-state index in [1.165, 1.54) is 20.1 Å². The molecule has 0 saturated heterocycles. The fourth-order valence-electron chi connectivity index (χ4n) is 2.41. The summed E-state index contributed by atoms with van der Waals surface area (Å²) in [6.45, 7) is 2.07. The lowest BCUT2D eigenvalue weighted by Gasteiger charge is -2.17. The fraction of sp³-hybridized carbons (Fsp3) is 0.263. The molecule has 2 aromatic rings. The number of benzene rings is 2. The molecule has 1 amide bonds. The van der Waals surface area contributed by atoms with Gasteiger partial charge in [0.1, 0.15) is 0 Å². The highest BCUT2D eigenvalue weighted by Crippen LogP contribution is 2.18. The largest absolute Gasteiger partial charge is 0.494 e. The first kappa shape index (κ1) is 18.6. The third-order valence-corrected chi connectivity index (χ3v) is 3.66. The number of hydrogen-bond acceptors (Lipinski definition) is 4. The number of ether oxygens (including phenoxy) is 1. The summed E-state index contributed by atoms with van der Waals surface area (Å²) in [5, 5.41) is 2.77. The smallest absolute Gasteiger partial charge is 0.238 e. The predicted molar refractivity (Wildman–Crippen MR) is 94.4 cm³/mol. The van der Waals surface area contributed by atoms with Gasteiger partial charge in [0.15, 0.2) is 17.3 Å². The van der Waals surface area contributed by atoms with E-state index in [0.29, 0.717) is 17.8 Å². The van der Waals surface area contributed by atoms with Crippen molar-refractivity contribution in [3.8, 4) is 5.75 Å². The number of methoxy groups -OCH3 is 1. The van der Waals surface area contributed by atoms with E-state index in [-0.39, 0.29) is 24.0 Å². The van der Waals surface area contributed by atoms with Crippen LogP contribution in [0.15, 0.2) is 42.5 Å². The minimum absolute atomic E-state index is 0.0238. The van der Waals surface area contributed by atoms with Gasteiger partial charge in [-0.1, -0.05) is 6.07 Å². The Bertz CT molecular complexity index is 760. The molecule has 5 nitrogen and oxygen atoms in total. The average molecular weight is 344 g/mol. The number of amides is 1. The summed E-state index contributed by atoms with van der Waals surface area (Å²) in [6, 6.07) is 11.4. The molecule has 132 valence electrons. The van der Waals surface area contributed by atoms with E-state index in [4.69, 9.17) is 4.74 Å². The normalized spacial score (nSPS) is 10.6. The van der Waals surface area contributed by atoms with Crippen molar-refractivity contribution in [3.63, 3.8) is 0 Å². The third kappa shape index (κ3) is 5.39. The molecule has 0 aliphatic carbocycles. The molecular weight excluding hydrogens is 323 g/mol. The van der Waals surface area contributed by atoms with E-state index in [9.17, 15) is 14.0 Å². The summed E-state index contributed by atoms with van der Waals surface area (Å²) in [6.07, 6.45) is 0. The van der Waals surface area contributed by atoms with Crippen molar-refractivity contribution in [1.29, 1.82) is 0 Å². The first-order valence-electron chi connectivity index (χ1n) is 7.81. The standard InChI is InChI=1S/C19H21FN2O3/c1-13(23)15-5-7-16(8-6-15)21-19(24)12-22(2)11-14-4-9-18(25-3)17(20)10-14/h4-10H,11-12H2,1-3H3,(H,21,24). The van der Waals surface area contributed by atoms with E-state index in [1.807, 2.05) is 0 Å². The molecule has 0 aliphatic heterocycles. The van der Waals surface area contributed by atoms with Crippen molar-refractivity contribution in [2.45, 2.75) is 13.5 Å². The molecule has 0 saturated carbocycles. The van der Waals surface area contributed by atoms with Crippen LogP contribution >= 0.6 is 0 Å². The molecule has 0 aromatic heterocycles. The zero-order valence-electron chi connectivity index (χ0n) is 14.5. The first-order chi connectivity index (χ1) is 11.9. The van der Waals surface area contributed by atoms with Gasteiger partial charge in [-0.15, -0.1) is 0 Å². The maximum Gasteiger partial charge on any atom is 0.238 e. The highest BCUT2D eigenvalue weighted by Gasteiger charge is 2.10. The summed E-state index contributed by atoms with van der Waals surface area (Å²) < 4.78 is 18.6. The van der Waals surface area contributed by atoms with Crippen LogP contribution in [-0.4, -0.2) is 37.3 Å². The molecule has 0 atom stereocenters. The van der Waals surface area contributed by atoms with Crippen molar-refractivity contribution >= 4 is 17.4 Å². The molecule has 0 spiro atoms. The molecule has 6 heteroatoms. The zero-order chi connectivity index (χ0) is 18.4. The van der Waals surface area contributed by atoms with Crippen LogP contribution in [0.5, 0.6) is 5.75 Å². The van der Waals surface area contributed by atoms with Gasteiger partial charge in [0, 0.05) is 17.8 Å². The number of nitrogens with zero attached hydrogens (tertiary/aromatic N) is 1. The molecule has 0 aliphatic rings. The number of carbonyl (C=O) groups excluding carboxylic acids is 2. The SMILES string of the molecule is COc1ccc(CN(C)CC(=O)Nc2ccc(C(C)=O)cc2)cc1F. The Labute approximate surface area is 146 Å². The fourth-order valence-corrected chi connectivity index (χ4v) is 2.41. The van der Waals surface area contributed by atoms with Crippen LogP contribution in [0.4, 0.5) is 10.1 Å². The van der Waals surface area contributed by atoms with Gasteiger partial charge >= 0.3 is 0 Å². The number of likely N-dealkylation sites (N-methyl/N-ethyl adjacent to an activating group) is 1. The van der Waals surface area contributed by atoms with Crippen LogP contribution in [-0.2, 0) is 11.3 Å². The van der Waals surface area contributed by atoms with Gasteiger partial charge < -0.3 is 10.1 Å². The quantitative estimate of drug-likeness (QED) is 0.784. The molecule has 0 fully saturated rings. The van der Waals surface area contributed by atoms with Gasteiger partial charge in [-0.2, -0.15) is 0 Å². The van der Waals surface area contributed by atoms with Crippen LogP contribution in [0, 0.1) is 5.82 Å². The second-order valence-electron chi connectivity index (χ2n) is 5.82. The number of halogens is 1. The molecule has 0 radical (unpaired) electrons. The van der Waals surface area contributed by atoms with Crippen LogP contribution in [0.3, 0.4) is 0 Å². The van der Waals surface area contributed by atoms with Crippen LogP contribution in [0.25, 0.3) is 0 Å². The molecule has 0 unspecified atom stereocenters. The van der Waals surface area contributed by atoms with E-state index < -0.39 is 5.82 Å². The Morgan fingerprint density at radius 2 is 1.84 bits per heavy atom. The van der Waals surface area contributed by atoms with Crippen molar-refractivity contribution in [1.82, 2.24) is 4.90 Å². The van der Waals surface area contributed by atoms with Gasteiger partial charge in [0.2, 0.25) is 5.91 Å². The maximum absolute atomic E-state index is 13.7. The van der Waals surface area contributed by atoms with Gasteiger partial charge in [0.25, 0.3) is 0 Å². The zero-order valence-corrected chi connectivity index (χ0v) is 14.5. The lowest BCUT2D eigenvalue weighted by Crippen LogP contribution is -2.29. The molecule has 0 heterocycles. The predicted octanol–water partition coefficient (Wildman–Crippen LogP) is 3.11.